The first-order valence-corrected chi connectivity index (χ1v) is 5.88. The average Bonchev–Trinajstić information content (AvgIpc) is 2.37. The largest absolute Gasteiger partial charge is 0.494 e. The molecule has 0 atom stereocenters. The summed E-state index contributed by atoms with van der Waals surface area (Å²) in [4.78, 5) is 31.5. The van der Waals surface area contributed by atoms with Gasteiger partial charge in [-0.1, -0.05) is 12.1 Å². The van der Waals surface area contributed by atoms with E-state index in [1.54, 1.807) is 18.2 Å². The smallest absolute Gasteiger partial charge is 0.264 e. The molecule has 0 bridgehead atoms. The number of hydrogen-bond acceptors (Lipinski definition) is 5. The molecule has 0 radical (unpaired) electrons. The highest BCUT2D eigenvalue weighted by atomic mass is 32.1. The van der Waals surface area contributed by atoms with Crippen LogP contribution in [0.25, 0.3) is 0 Å². The van der Waals surface area contributed by atoms with Gasteiger partial charge in [0.05, 0.1) is 11.3 Å². The van der Waals surface area contributed by atoms with E-state index >= 15 is 0 Å². The van der Waals surface area contributed by atoms with Crippen LogP contribution in [0.15, 0.2) is 34.1 Å². The molecule has 0 saturated heterocycles. The second kappa shape index (κ2) is 5.49. The maximum Gasteiger partial charge on any atom is 0.264 e. The van der Waals surface area contributed by atoms with E-state index in [1.165, 1.54) is 6.07 Å². The highest BCUT2D eigenvalue weighted by Crippen LogP contribution is 2.18. The molecule has 0 unspecified atom stereocenters. The number of amides is 1. The number of aliphatic imine (C=N–C) groups is 1. The number of benzene rings is 1. The predicted molar refractivity (Wildman–Crippen MR) is 76.1 cm³/mol. The molecule has 1 heterocycles. The summed E-state index contributed by atoms with van der Waals surface area (Å²) in [6.45, 7) is 0. The Kier molecular flexibility index (Phi) is 3.76. The van der Waals surface area contributed by atoms with Gasteiger partial charge in [-0.05, 0) is 24.4 Å². The van der Waals surface area contributed by atoms with Crippen molar-refractivity contribution in [3.05, 3.63) is 50.5 Å². The molecule has 2 rings (SSSR count). The van der Waals surface area contributed by atoms with E-state index < -0.39 is 17.3 Å². The van der Waals surface area contributed by atoms with Gasteiger partial charge in [0.2, 0.25) is 5.88 Å². The SMILES string of the molecule is NC(=O)c1ccccc1N=Cc1c(O)[nH]c(=S)[nH]c1=O. The highest BCUT2D eigenvalue weighted by Gasteiger charge is 2.07. The van der Waals surface area contributed by atoms with Crippen LogP contribution >= 0.6 is 12.2 Å². The molecule has 1 aromatic heterocycles. The van der Waals surface area contributed by atoms with Crippen molar-refractivity contribution < 1.29 is 9.90 Å². The van der Waals surface area contributed by atoms with Gasteiger partial charge in [0, 0.05) is 6.21 Å². The van der Waals surface area contributed by atoms with E-state index in [2.05, 4.69) is 15.0 Å². The van der Waals surface area contributed by atoms with Crippen LogP contribution < -0.4 is 11.3 Å². The molecular formula is C12H10N4O3S. The first-order valence-electron chi connectivity index (χ1n) is 5.47. The number of aromatic amines is 2. The van der Waals surface area contributed by atoms with Crippen LogP contribution in [0.3, 0.4) is 0 Å². The summed E-state index contributed by atoms with van der Waals surface area (Å²) >= 11 is 4.70. The number of hydrogen-bond donors (Lipinski definition) is 4. The number of nitrogens with one attached hydrogen (secondary N) is 2. The molecule has 1 aromatic carbocycles. The van der Waals surface area contributed by atoms with E-state index in [0.717, 1.165) is 6.21 Å². The molecule has 0 aliphatic carbocycles. The topological polar surface area (TPSA) is 124 Å². The minimum atomic E-state index is -0.636. The fraction of sp³-hybridized carbons (Fsp3) is 0. The van der Waals surface area contributed by atoms with Crippen LogP contribution in [-0.2, 0) is 0 Å². The molecular weight excluding hydrogens is 280 g/mol. The average molecular weight is 290 g/mol. The second-order valence-electron chi connectivity index (χ2n) is 3.81. The minimum Gasteiger partial charge on any atom is -0.494 e. The van der Waals surface area contributed by atoms with Gasteiger partial charge in [0.15, 0.2) is 4.77 Å². The summed E-state index contributed by atoms with van der Waals surface area (Å²) in [6.07, 6.45) is 1.13. The van der Waals surface area contributed by atoms with Crippen LogP contribution in [0.4, 0.5) is 5.69 Å². The molecule has 20 heavy (non-hydrogen) atoms. The molecule has 7 nitrogen and oxygen atoms in total. The van der Waals surface area contributed by atoms with Crippen molar-refractivity contribution in [2.75, 3.05) is 0 Å². The Labute approximate surface area is 117 Å². The Morgan fingerprint density at radius 1 is 1.35 bits per heavy atom. The second-order valence-corrected chi connectivity index (χ2v) is 4.22. The van der Waals surface area contributed by atoms with E-state index in [9.17, 15) is 14.7 Å². The summed E-state index contributed by atoms with van der Waals surface area (Å²) in [6, 6.07) is 6.38. The van der Waals surface area contributed by atoms with Gasteiger partial charge in [0.1, 0.15) is 5.56 Å². The van der Waals surface area contributed by atoms with Crippen molar-refractivity contribution in [3.63, 3.8) is 0 Å². The molecule has 0 aliphatic heterocycles. The lowest BCUT2D eigenvalue weighted by Gasteiger charge is -2.01. The van der Waals surface area contributed by atoms with Gasteiger partial charge in [-0.15, -0.1) is 0 Å². The van der Waals surface area contributed by atoms with E-state index in [0.29, 0.717) is 5.69 Å². The third-order valence-corrected chi connectivity index (χ3v) is 2.67. The Morgan fingerprint density at radius 3 is 2.70 bits per heavy atom. The minimum absolute atomic E-state index is 0.00202. The third kappa shape index (κ3) is 2.81. The Balaban J connectivity index is 2.48. The Bertz CT molecular complexity index is 807. The van der Waals surface area contributed by atoms with Crippen LogP contribution in [0, 0.1) is 4.77 Å². The molecule has 5 N–H and O–H groups in total. The summed E-state index contributed by atoms with van der Waals surface area (Å²) in [7, 11) is 0. The molecule has 0 fully saturated rings. The number of rotatable bonds is 3. The van der Waals surface area contributed by atoms with Crippen molar-refractivity contribution in [2.45, 2.75) is 0 Å². The first-order chi connectivity index (χ1) is 9.49. The van der Waals surface area contributed by atoms with Gasteiger partial charge >= 0.3 is 0 Å². The molecule has 8 heteroatoms. The maximum atomic E-state index is 11.6. The van der Waals surface area contributed by atoms with E-state index in [1.807, 2.05) is 0 Å². The number of carbonyl (C=O) groups is 1. The number of nitrogens with two attached hydrogens (primary N) is 1. The molecule has 0 saturated carbocycles. The van der Waals surface area contributed by atoms with E-state index in [-0.39, 0.29) is 15.9 Å². The van der Waals surface area contributed by atoms with Gasteiger partial charge in [-0.25, -0.2) is 0 Å². The zero-order valence-electron chi connectivity index (χ0n) is 10.1. The zero-order valence-corrected chi connectivity index (χ0v) is 10.9. The summed E-state index contributed by atoms with van der Waals surface area (Å²) in [5, 5.41) is 9.60. The van der Waals surface area contributed by atoms with Crippen molar-refractivity contribution in [1.29, 1.82) is 0 Å². The Morgan fingerprint density at radius 2 is 2.05 bits per heavy atom. The normalized spacial score (nSPS) is 10.8. The maximum absolute atomic E-state index is 11.6. The van der Waals surface area contributed by atoms with Crippen LogP contribution in [0.5, 0.6) is 5.88 Å². The zero-order chi connectivity index (χ0) is 14.7. The first kappa shape index (κ1) is 13.7. The number of nitrogens with zero attached hydrogens (tertiary/aromatic N) is 1. The fourth-order valence-electron chi connectivity index (χ4n) is 1.53. The highest BCUT2D eigenvalue weighted by molar-refractivity contribution is 7.71. The van der Waals surface area contributed by atoms with Crippen molar-refractivity contribution >= 4 is 30.0 Å². The van der Waals surface area contributed by atoms with Crippen LogP contribution in [-0.4, -0.2) is 27.2 Å². The monoisotopic (exact) mass is 290 g/mol. The lowest BCUT2D eigenvalue weighted by molar-refractivity contribution is 0.100. The predicted octanol–water partition coefficient (Wildman–Crippen LogP) is 0.988. The molecule has 102 valence electrons. The van der Waals surface area contributed by atoms with Gasteiger partial charge in [0.25, 0.3) is 11.5 Å². The van der Waals surface area contributed by atoms with Crippen molar-refractivity contribution in [2.24, 2.45) is 10.7 Å². The van der Waals surface area contributed by atoms with Gasteiger partial charge in [-0.2, -0.15) is 0 Å². The third-order valence-electron chi connectivity index (χ3n) is 2.46. The van der Waals surface area contributed by atoms with Gasteiger partial charge < -0.3 is 15.8 Å². The van der Waals surface area contributed by atoms with Crippen molar-refractivity contribution in [1.82, 2.24) is 9.97 Å². The lowest BCUT2D eigenvalue weighted by Crippen LogP contribution is -2.14. The fourth-order valence-corrected chi connectivity index (χ4v) is 1.72. The summed E-state index contributed by atoms with van der Waals surface area (Å²) in [5.41, 5.74) is 5.03. The number of aromatic hydroxyl groups is 1. The number of carbonyl (C=O) groups excluding carboxylic acids is 1. The standard InChI is InChI=1S/C12H10N4O3S/c13-9(17)6-3-1-2-4-8(6)14-5-7-10(18)15-12(20)16-11(7)19/h1-5H,(H2,13,17)(H3,15,16,18,19,20). The quantitative estimate of drug-likeness (QED) is 0.497. The summed E-state index contributed by atoms with van der Waals surface area (Å²) < 4.78 is 0.00202. The Hall–Kier alpha value is -2.74. The van der Waals surface area contributed by atoms with E-state index in [4.69, 9.17) is 18.0 Å². The summed E-state index contributed by atoms with van der Waals surface area (Å²) in [5.74, 6) is -1.04. The van der Waals surface area contributed by atoms with Crippen LogP contribution in [0.1, 0.15) is 15.9 Å². The number of para-hydroxylation sites is 1. The molecule has 0 spiro atoms. The number of H-pyrrole nitrogens is 2. The molecule has 2 aromatic rings. The molecule has 1 amide bonds. The van der Waals surface area contributed by atoms with Crippen molar-refractivity contribution in [3.8, 4) is 5.88 Å². The lowest BCUT2D eigenvalue weighted by atomic mass is 10.2. The van der Waals surface area contributed by atoms with Crippen LogP contribution in [0.2, 0.25) is 0 Å². The molecule has 0 aliphatic rings. The number of aromatic nitrogens is 2. The van der Waals surface area contributed by atoms with Gasteiger partial charge in [-0.3, -0.25) is 19.6 Å². The number of primary amides is 1.